The fraction of sp³-hybridized carbons (Fsp3) is 0.167. The molecule has 0 unspecified atom stereocenters. The van der Waals surface area contributed by atoms with Crippen LogP contribution < -0.4 is 34.4 Å². The van der Waals surface area contributed by atoms with Crippen LogP contribution in [0.15, 0.2) is 59.5 Å². The van der Waals surface area contributed by atoms with Crippen molar-refractivity contribution in [1.82, 2.24) is 0 Å². The molecule has 0 aromatic heterocycles. The lowest BCUT2D eigenvalue weighted by Crippen LogP contribution is -2.10. The Kier molecular flexibility index (Phi) is 11.7. The van der Waals surface area contributed by atoms with E-state index in [0.717, 1.165) is 6.07 Å². The summed E-state index contributed by atoms with van der Waals surface area (Å²) in [6.45, 7) is 4.26. The largest absolute Gasteiger partial charge is 0.462 e. The van der Waals surface area contributed by atoms with E-state index in [4.69, 9.17) is 48.4 Å². The number of benzene rings is 3. The summed E-state index contributed by atoms with van der Waals surface area (Å²) in [7, 11) is -4.44. The van der Waals surface area contributed by atoms with Crippen LogP contribution in [0.5, 0.6) is 0 Å². The first-order chi connectivity index (χ1) is 17.8. The van der Waals surface area contributed by atoms with Gasteiger partial charge >= 0.3 is 11.9 Å². The Hall–Kier alpha value is -4.69. The Morgan fingerprint density at radius 1 is 0.684 bits per heavy atom. The Labute approximate surface area is 220 Å². The number of ether oxygens (including phenoxy) is 2. The number of anilines is 6. The van der Waals surface area contributed by atoms with E-state index in [1.165, 1.54) is 0 Å². The van der Waals surface area contributed by atoms with Crippen molar-refractivity contribution < 1.29 is 32.0 Å². The number of hydrogen-bond donors (Lipinski definition) is 7. The number of nitrogens with two attached hydrogens (primary N) is 6. The number of hydrogen-bond acceptors (Lipinski definition) is 12. The molecule has 3 aromatic carbocycles. The summed E-state index contributed by atoms with van der Waals surface area (Å²) in [6, 6.07) is 14.6. The van der Waals surface area contributed by atoms with Crippen molar-refractivity contribution >= 4 is 56.2 Å². The summed E-state index contributed by atoms with van der Waals surface area (Å²) in [6.07, 6.45) is 0. The molecule has 0 radical (unpaired) electrons. The Morgan fingerprint density at radius 3 is 1.42 bits per heavy atom. The minimum atomic E-state index is -4.44. The van der Waals surface area contributed by atoms with Crippen LogP contribution >= 0.6 is 0 Å². The zero-order valence-electron chi connectivity index (χ0n) is 20.9. The highest BCUT2D eigenvalue weighted by atomic mass is 32.2. The summed E-state index contributed by atoms with van der Waals surface area (Å²) < 4.78 is 39.9. The van der Waals surface area contributed by atoms with Gasteiger partial charge in [-0.1, -0.05) is 24.3 Å². The number of carbonyl (C=O) groups is 2. The molecule has 3 aromatic rings. The lowest BCUT2D eigenvalue weighted by Gasteiger charge is -2.10. The van der Waals surface area contributed by atoms with Crippen molar-refractivity contribution in [1.29, 1.82) is 0 Å². The molecule has 13 N–H and O–H groups in total. The van der Waals surface area contributed by atoms with Crippen molar-refractivity contribution in [2.45, 2.75) is 18.7 Å². The van der Waals surface area contributed by atoms with Crippen molar-refractivity contribution in [2.24, 2.45) is 0 Å². The van der Waals surface area contributed by atoms with Gasteiger partial charge in [0.25, 0.3) is 10.1 Å². The van der Waals surface area contributed by atoms with Gasteiger partial charge in [-0.25, -0.2) is 9.59 Å². The molecule has 0 aliphatic heterocycles. The molecule has 0 heterocycles. The fourth-order valence-electron chi connectivity index (χ4n) is 2.73. The number of nitrogen functional groups attached to an aromatic ring is 6. The molecule has 0 atom stereocenters. The van der Waals surface area contributed by atoms with Crippen molar-refractivity contribution in [2.75, 3.05) is 47.6 Å². The molecule has 0 saturated heterocycles. The third kappa shape index (κ3) is 8.76. The van der Waals surface area contributed by atoms with Gasteiger partial charge < -0.3 is 43.9 Å². The van der Waals surface area contributed by atoms with E-state index in [-0.39, 0.29) is 34.7 Å². The van der Waals surface area contributed by atoms with Crippen LogP contribution in [0.3, 0.4) is 0 Å². The first kappa shape index (κ1) is 31.3. The van der Waals surface area contributed by atoms with E-state index in [2.05, 4.69) is 0 Å². The maximum atomic E-state index is 11.2. The third-order valence-electron chi connectivity index (χ3n) is 4.63. The van der Waals surface area contributed by atoms with Gasteiger partial charge in [-0.3, -0.25) is 4.55 Å². The zero-order chi connectivity index (χ0) is 29.0. The van der Waals surface area contributed by atoms with Gasteiger partial charge in [-0.05, 0) is 44.2 Å². The first-order valence-corrected chi connectivity index (χ1v) is 12.4. The Morgan fingerprint density at radius 2 is 1.08 bits per heavy atom. The van der Waals surface area contributed by atoms with E-state index >= 15 is 0 Å². The second kappa shape index (κ2) is 14.2. The van der Waals surface area contributed by atoms with Gasteiger partial charge in [-0.2, -0.15) is 8.42 Å². The van der Waals surface area contributed by atoms with E-state index in [1.807, 2.05) is 0 Å². The predicted molar refractivity (Wildman–Crippen MR) is 148 cm³/mol. The molecule has 0 aliphatic rings. The van der Waals surface area contributed by atoms with Crippen LogP contribution in [0.1, 0.15) is 34.6 Å². The predicted octanol–water partition coefficient (Wildman–Crippen LogP) is 2.15. The molecule has 0 saturated carbocycles. The molecular weight excluding hydrogens is 516 g/mol. The van der Waals surface area contributed by atoms with E-state index in [0.29, 0.717) is 35.7 Å². The van der Waals surface area contributed by atoms with Crippen molar-refractivity contribution in [3.63, 3.8) is 0 Å². The Balaban J connectivity index is 0.000000286. The number of rotatable bonds is 5. The molecule has 0 spiro atoms. The number of carbonyl (C=O) groups excluding carboxylic acids is 2. The van der Waals surface area contributed by atoms with Gasteiger partial charge in [0, 0.05) is 11.4 Å². The van der Waals surface area contributed by atoms with Crippen LogP contribution in [-0.4, -0.2) is 38.1 Å². The minimum absolute atomic E-state index is 0.00472. The topological polar surface area (TPSA) is 263 Å². The molecule has 0 amide bonds. The fourth-order valence-corrected chi connectivity index (χ4v) is 3.39. The van der Waals surface area contributed by atoms with Crippen LogP contribution in [0, 0.1) is 0 Å². The number of para-hydroxylation sites is 2. The van der Waals surface area contributed by atoms with Gasteiger partial charge in [0.2, 0.25) is 0 Å². The molecule has 0 fully saturated rings. The summed E-state index contributed by atoms with van der Waals surface area (Å²) in [4.78, 5) is 21.8. The highest BCUT2D eigenvalue weighted by Crippen LogP contribution is 2.34. The van der Waals surface area contributed by atoms with Crippen LogP contribution in [-0.2, 0) is 19.6 Å². The second-order valence-electron chi connectivity index (χ2n) is 7.30. The van der Waals surface area contributed by atoms with Crippen LogP contribution in [0.25, 0.3) is 0 Å². The third-order valence-corrected chi connectivity index (χ3v) is 5.53. The summed E-state index contributed by atoms with van der Waals surface area (Å²) >= 11 is 0. The lowest BCUT2D eigenvalue weighted by molar-refractivity contribution is 0.0518. The normalized spacial score (nSPS) is 10.2. The lowest BCUT2D eigenvalue weighted by atomic mass is 10.2. The summed E-state index contributed by atoms with van der Waals surface area (Å²) in [5.41, 5.74) is 33.8. The number of esters is 2. The van der Waals surface area contributed by atoms with E-state index < -0.39 is 15.0 Å². The molecule has 38 heavy (non-hydrogen) atoms. The average Bonchev–Trinajstić information content (AvgIpc) is 2.86. The molecule has 206 valence electrons. The van der Waals surface area contributed by atoms with Gasteiger partial charge in [-0.15, -0.1) is 0 Å². The molecule has 0 bridgehead atoms. The van der Waals surface area contributed by atoms with E-state index in [1.54, 1.807) is 62.4 Å². The quantitative estimate of drug-likeness (QED) is 0.137. The van der Waals surface area contributed by atoms with Crippen LogP contribution in [0.4, 0.5) is 34.1 Å². The summed E-state index contributed by atoms with van der Waals surface area (Å²) in [5.74, 6) is -0.730. The van der Waals surface area contributed by atoms with Gasteiger partial charge in [0.15, 0.2) is 0 Å². The molecule has 3 rings (SSSR count). The highest BCUT2D eigenvalue weighted by molar-refractivity contribution is 7.86. The SMILES string of the molecule is CCOC(=O)c1ccccc1N.CCOC(=O)c1ccccc1N.Nc1cc(S(=O)(=O)O)c(N)c(N)c1N. The maximum absolute atomic E-state index is 11.2. The monoisotopic (exact) mass is 548 g/mol. The van der Waals surface area contributed by atoms with Gasteiger partial charge in [0.1, 0.15) is 4.90 Å². The zero-order valence-corrected chi connectivity index (χ0v) is 21.7. The van der Waals surface area contributed by atoms with Crippen LogP contribution in [0.2, 0.25) is 0 Å². The highest BCUT2D eigenvalue weighted by Gasteiger charge is 2.19. The minimum Gasteiger partial charge on any atom is -0.462 e. The summed E-state index contributed by atoms with van der Waals surface area (Å²) in [5, 5.41) is 0. The van der Waals surface area contributed by atoms with E-state index in [9.17, 15) is 18.0 Å². The van der Waals surface area contributed by atoms with Crippen molar-refractivity contribution in [3.05, 3.63) is 65.7 Å². The Bertz CT molecular complexity index is 1320. The standard InChI is InChI=1S/2C9H11NO2.C6H10N4O3S/c2*1-2-12-9(11)7-5-3-4-6-8(7)10;7-2-1-3(14(11,12)13)5(9)6(10)4(2)8/h2*3-6H,2,10H2,1H3;1H,7-10H2,(H,11,12,13). The molecular formula is C24H32N6O7S. The second-order valence-corrected chi connectivity index (χ2v) is 8.69. The molecule has 13 nitrogen and oxygen atoms in total. The van der Waals surface area contributed by atoms with Gasteiger partial charge in [0.05, 0.1) is 47.1 Å². The first-order valence-electron chi connectivity index (χ1n) is 11.0. The maximum Gasteiger partial charge on any atom is 0.340 e. The smallest absolute Gasteiger partial charge is 0.340 e. The molecule has 0 aliphatic carbocycles. The average molecular weight is 549 g/mol. The molecule has 14 heteroatoms. The van der Waals surface area contributed by atoms with Crippen molar-refractivity contribution in [3.8, 4) is 0 Å².